The summed E-state index contributed by atoms with van der Waals surface area (Å²) in [5, 5.41) is 11.4. The molecule has 4 aromatic rings. The minimum atomic E-state index is -0.347. The number of carbonyl (C=O) groups is 1. The number of ether oxygens (including phenoxy) is 1. The van der Waals surface area contributed by atoms with E-state index in [-0.39, 0.29) is 5.30 Å². The molecule has 0 saturated heterocycles. The van der Waals surface area contributed by atoms with Crippen LogP contribution in [-0.4, -0.2) is 32.6 Å². The van der Waals surface area contributed by atoms with Gasteiger partial charge >= 0.3 is 5.30 Å². The maximum atomic E-state index is 11.4. The van der Waals surface area contributed by atoms with E-state index in [0.717, 1.165) is 44.6 Å². The van der Waals surface area contributed by atoms with Gasteiger partial charge in [-0.05, 0) is 48.9 Å². The van der Waals surface area contributed by atoms with E-state index in [1.807, 2.05) is 54.6 Å². The number of benzene rings is 2. The van der Waals surface area contributed by atoms with Crippen LogP contribution in [0, 0.1) is 0 Å². The fourth-order valence-electron chi connectivity index (χ4n) is 3.24. The zero-order valence-corrected chi connectivity index (χ0v) is 17.1. The van der Waals surface area contributed by atoms with Gasteiger partial charge in [-0.3, -0.25) is 5.10 Å². The van der Waals surface area contributed by atoms with E-state index in [9.17, 15) is 4.79 Å². The number of nitrogens with one attached hydrogen (secondary N) is 2. The molecule has 7 nitrogen and oxygen atoms in total. The first-order valence-corrected chi connectivity index (χ1v) is 10.5. The fourth-order valence-corrected chi connectivity index (χ4v) is 3.78. The zero-order valence-electron chi connectivity index (χ0n) is 16.3. The number of rotatable bonds is 5. The van der Waals surface area contributed by atoms with E-state index in [2.05, 4.69) is 15.5 Å². The molecule has 30 heavy (non-hydrogen) atoms. The van der Waals surface area contributed by atoms with E-state index < -0.39 is 0 Å². The maximum absolute atomic E-state index is 11.4. The third-order valence-corrected chi connectivity index (χ3v) is 5.79. The van der Waals surface area contributed by atoms with E-state index in [1.54, 1.807) is 0 Å². The molecular weight excluding hydrogens is 398 g/mol. The number of carbonyl (C=O) groups excluding carboxylic acids is 1. The van der Waals surface area contributed by atoms with Gasteiger partial charge in [0, 0.05) is 33.5 Å². The summed E-state index contributed by atoms with van der Waals surface area (Å²) in [7, 11) is 1.37. The molecule has 1 fully saturated rings. The molecular formula is C22H19N5O2S. The van der Waals surface area contributed by atoms with E-state index in [0.29, 0.717) is 17.6 Å². The van der Waals surface area contributed by atoms with Crippen LogP contribution >= 0.6 is 11.8 Å². The van der Waals surface area contributed by atoms with Crippen molar-refractivity contribution >= 4 is 39.6 Å². The molecule has 8 heteroatoms. The first-order valence-electron chi connectivity index (χ1n) is 9.65. The number of methoxy groups -OCH3 is 1. The quantitative estimate of drug-likeness (QED) is 0.327. The SMILES string of the molecule is COC(=O)Sc1ccc(-c2nc(Nc3cc(C4CC4)[nH]n3)c3ccccc3n2)cc1. The monoisotopic (exact) mass is 417 g/mol. The van der Waals surface area contributed by atoms with Crippen molar-refractivity contribution in [1.29, 1.82) is 0 Å². The second-order valence-electron chi connectivity index (χ2n) is 7.10. The Hall–Kier alpha value is -3.39. The molecule has 0 spiro atoms. The lowest BCUT2D eigenvalue weighted by molar-refractivity contribution is 0.200. The second kappa shape index (κ2) is 7.79. The first-order chi connectivity index (χ1) is 14.7. The minimum absolute atomic E-state index is 0.347. The Morgan fingerprint density at radius 1 is 1.13 bits per heavy atom. The van der Waals surface area contributed by atoms with Gasteiger partial charge in [-0.2, -0.15) is 5.10 Å². The Morgan fingerprint density at radius 3 is 2.70 bits per heavy atom. The zero-order chi connectivity index (χ0) is 20.5. The average Bonchev–Trinajstić information content (AvgIpc) is 3.53. The lowest BCUT2D eigenvalue weighted by Gasteiger charge is -2.10. The van der Waals surface area contributed by atoms with Crippen molar-refractivity contribution in [2.24, 2.45) is 0 Å². The molecule has 0 aliphatic heterocycles. The molecule has 1 aliphatic carbocycles. The third kappa shape index (κ3) is 3.86. The van der Waals surface area contributed by atoms with E-state index in [4.69, 9.17) is 14.7 Å². The van der Waals surface area contributed by atoms with Gasteiger partial charge in [0.05, 0.1) is 12.6 Å². The molecule has 2 heterocycles. The number of thioether (sulfide) groups is 1. The van der Waals surface area contributed by atoms with E-state index in [1.165, 1.54) is 20.0 Å². The van der Waals surface area contributed by atoms with Crippen molar-refractivity contribution in [3.63, 3.8) is 0 Å². The maximum Gasteiger partial charge on any atom is 0.371 e. The molecule has 5 rings (SSSR count). The van der Waals surface area contributed by atoms with Crippen molar-refractivity contribution in [3.05, 3.63) is 60.3 Å². The molecule has 0 unspecified atom stereocenters. The van der Waals surface area contributed by atoms with Crippen LogP contribution in [0.2, 0.25) is 0 Å². The highest BCUT2D eigenvalue weighted by Crippen LogP contribution is 2.40. The second-order valence-corrected chi connectivity index (χ2v) is 8.11. The molecule has 2 aromatic carbocycles. The van der Waals surface area contributed by atoms with Gasteiger partial charge in [-0.1, -0.05) is 24.3 Å². The van der Waals surface area contributed by atoms with Gasteiger partial charge in [0.15, 0.2) is 11.6 Å². The van der Waals surface area contributed by atoms with Crippen molar-refractivity contribution in [2.45, 2.75) is 23.7 Å². The summed E-state index contributed by atoms with van der Waals surface area (Å²) in [6, 6.07) is 17.5. The summed E-state index contributed by atoms with van der Waals surface area (Å²) >= 11 is 1.04. The van der Waals surface area contributed by atoms with Gasteiger partial charge in [0.25, 0.3) is 0 Å². The number of anilines is 2. The highest BCUT2D eigenvalue weighted by atomic mass is 32.2. The number of aromatic nitrogens is 4. The predicted octanol–water partition coefficient (Wildman–Crippen LogP) is 5.50. The summed E-state index contributed by atoms with van der Waals surface area (Å²) in [4.78, 5) is 21.7. The van der Waals surface area contributed by atoms with Gasteiger partial charge in [-0.15, -0.1) is 0 Å². The Morgan fingerprint density at radius 2 is 1.93 bits per heavy atom. The first kappa shape index (κ1) is 18.6. The largest absolute Gasteiger partial charge is 0.461 e. The number of aromatic amines is 1. The average molecular weight is 417 g/mol. The Kier molecular flexibility index (Phi) is 4.84. The van der Waals surface area contributed by atoms with Crippen LogP contribution in [0.4, 0.5) is 16.4 Å². The third-order valence-electron chi connectivity index (χ3n) is 4.94. The Labute approximate surface area is 177 Å². The van der Waals surface area contributed by atoms with Crippen LogP contribution in [0.1, 0.15) is 24.5 Å². The number of H-pyrrole nitrogens is 1. The number of hydrogen-bond acceptors (Lipinski definition) is 7. The number of fused-ring (bicyclic) bond motifs is 1. The van der Waals surface area contributed by atoms with Crippen LogP contribution in [0.15, 0.2) is 59.5 Å². The van der Waals surface area contributed by atoms with Crippen LogP contribution in [0.5, 0.6) is 0 Å². The van der Waals surface area contributed by atoms with Crippen LogP contribution in [-0.2, 0) is 4.74 Å². The Balaban J connectivity index is 1.48. The van der Waals surface area contributed by atoms with E-state index >= 15 is 0 Å². The molecule has 0 bridgehead atoms. The van der Waals surface area contributed by atoms with Crippen molar-refractivity contribution in [3.8, 4) is 11.4 Å². The number of hydrogen-bond donors (Lipinski definition) is 2. The highest BCUT2D eigenvalue weighted by molar-refractivity contribution is 8.13. The fraction of sp³-hybridized carbons (Fsp3) is 0.182. The minimum Gasteiger partial charge on any atom is -0.461 e. The molecule has 2 aromatic heterocycles. The summed E-state index contributed by atoms with van der Waals surface area (Å²) in [5.74, 6) is 2.66. The van der Waals surface area contributed by atoms with Gasteiger partial charge in [0.1, 0.15) is 5.82 Å². The smallest absolute Gasteiger partial charge is 0.371 e. The molecule has 0 atom stereocenters. The summed E-state index contributed by atoms with van der Waals surface area (Å²) < 4.78 is 4.69. The van der Waals surface area contributed by atoms with Crippen LogP contribution in [0.25, 0.3) is 22.3 Å². The lowest BCUT2D eigenvalue weighted by atomic mass is 10.2. The molecule has 150 valence electrons. The molecule has 0 amide bonds. The van der Waals surface area contributed by atoms with Gasteiger partial charge < -0.3 is 10.1 Å². The predicted molar refractivity (Wildman–Crippen MR) is 117 cm³/mol. The molecule has 2 N–H and O–H groups in total. The summed E-state index contributed by atoms with van der Waals surface area (Å²) in [6.45, 7) is 0. The highest BCUT2D eigenvalue weighted by Gasteiger charge is 2.25. The summed E-state index contributed by atoms with van der Waals surface area (Å²) in [6.07, 6.45) is 2.43. The normalized spacial score (nSPS) is 13.4. The van der Waals surface area contributed by atoms with Crippen LogP contribution in [0.3, 0.4) is 0 Å². The van der Waals surface area contributed by atoms with Crippen LogP contribution < -0.4 is 5.32 Å². The molecule has 1 saturated carbocycles. The van der Waals surface area contributed by atoms with Crippen molar-refractivity contribution < 1.29 is 9.53 Å². The topological polar surface area (TPSA) is 92.8 Å². The van der Waals surface area contributed by atoms with Crippen molar-refractivity contribution in [2.75, 3.05) is 12.4 Å². The lowest BCUT2D eigenvalue weighted by Crippen LogP contribution is -1.99. The molecule has 0 radical (unpaired) electrons. The standard InChI is InChI=1S/C22H19N5O2S/c1-29-22(28)30-15-10-8-14(9-11-15)20-23-17-5-3-2-4-16(17)21(25-20)24-19-12-18(26-27-19)13-6-7-13/h2-5,8-13H,6-7H2,1H3,(H2,23,24,25,26,27). The van der Waals surface area contributed by atoms with Gasteiger partial charge in [-0.25, -0.2) is 14.8 Å². The Bertz CT molecular complexity index is 1220. The van der Waals surface area contributed by atoms with Gasteiger partial charge in [0.2, 0.25) is 0 Å². The summed E-state index contributed by atoms with van der Waals surface area (Å²) in [5.41, 5.74) is 2.87. The number of nitrogens with zero attached hydrogens (tertiary/aromatic N) is 3. The number of para-hydroxylation sites is 1. The van der Waals surface area contributed by atoms with Crippen molar-refractivity contribution in [1.82, 2.24) is 20.2 Å². The molecule has 1 aliphatic rings.